The van der Waals surface area contributed by atoms with Gasteiger partial charge in [-0.2, -0.15) is 0 Å². The van der Waals surface area contributed by atoms with Crippen molar-refractivity contribution >= 4 is 15.9 Å². The number of halogens is 1. The van der Waals surface area contributed by atoms with E-state index in [4.69, 9.17) is 0 Å². The van der Waals surface area contributed by atoms with Crippen molar-refractivity contribution in [1.82, 2.24) is 5.32 Å². The summed E-state index contributed by atoms with van der Waals surface area (Å²) >= 11 is 3.41. The zero-order valence-electron chi connectivity index (χ0n) is 8.89. The van der Waals surface area contributed by atoms with E-state index in [1.807, 2.05) is 13.0 Å². The van der Waals surface area contributed by atoms with E-state index in [-0.39, 0.29) is 0 Å². The molecule has 1 unspecified atom stereocenters. The number of hydrogen-bond donors (Lipinski definition) is 2. The lowest BCUT2D eigenvalue weighted by Crippen LogP contribution is -2.10. The summed E-state index contributed by atoms with van der Waals surface area (Å²) in [6, 6.07) is 4.09. The number of aryl methyl sites for hydroxylation is 1. The third kappa shape index (κ3) is 2.34. The molecule has 1 aliphatic heterocycles. The molecule has 0 saturated carbocycles. The van der Waals surface area contributed by atoms with E-state index in [0.717, 1.165) is 35.1 Å². The van der Waals surface area contributed by atoms with Crippen LogP contribution in [0.3, 0.4) is 0 Å². The Morgan fingerprint density at radius 1 is 1.53 bits per heavy atom. The van der Waals surface area contributed by atoms with E-state index >= 15 is 0 Å². The molecule has 1 atom stereocenters. The Bertz CT molecular complexity index is 359. The van der Waals surface area contributed by atoms with Crippen molar-refractivity contribution in [2.75, 3.05) is 13.1 Å². The quantitative estimate of drug-likeness (QED) is 0.865. The van der Waals surface area contributed by atoms with Gasteiger partial charge in [0.25, 0.3) is 0 Å². The molecular weight excluding hydrogens is 254 g/mol. The van der Waals surface area contributed by atoms with Gasteiger partial charge in [-0.05, 0) is 65.8 Å². The zero-order valence-corrected chi connectivity index (χ0v) is 10.5. The summed E-state index contributed by atoms with van der Waals surface area (Å²) in [4.78, 5) is 0. The zero-order chi connectivity index (χ0) is 10.8. The van der Waals surface area contributed by atoms with Gasteiger partial charge in [0.2, 0.25) is 0 Å². The predicted molar refractivity (Wildman–Crippen MR) is 65.2 cm³/mol. The molecule has 1 fully saturated rings. The van der Waals surface area contributed by atoms with Crippen LogP contribution in [0.2, 0.25) is 0 Å². The molecule has 1 aliphatic rings. The van der Waals surface area contributed by atoms with E-state index in [1.165, 1.54) is 6.42 Å². The summed E-state index contributed by atoms with van der Waals surface area (Å²) in [5.74, 6) is 1.09. The van der Waals surface area contributed by atoms with Crippen molar-refractivity contribution in [2.24, 2.45) is 5.92 Å². The highest BCUT2D eigenvalue weighted by Gasteiger charge is 2.17. The van der Waals surface area contributed by atoms with Crippen molar-refractivity contribution < 1.29 is 5.11 Å². The first-order valence-corrected chi connectivity index (χ1v) is 6.15. The van der Waals surface area contributed by atoms with Crippen LogP contribution in [0.5, 0.6) is 5.75 Å². The summed E-state index contributed by atoms with van der Waals surface area (Å²) in [6.07, 6.45) is 2.18. The first-order valence-electron chi connectivity index (χ1n) is 5.36. The van der Waals surface area contributed by atoms with Crippen LogP contribution in [0.25, 0.3) is 0 Å². The monoisotopic (exact) mass is 269 g/mol. The maximum Gasteiger partial charge on any atom is 0.133 e. The summed E-state index contributed by atoms with van der Waals surface area (Å²) in [6.45, 7) is 4.17. The molecule has 2 nitrogen and oxygen atoms in total. The predicted octanol–water partition coefficient (Wildman–Crippen LogP) is 2.62. The summed E-state index contributed by atoms with van der Waals surface area (Å²) in [7, 11) is 0. The van der Waals surface area contributed by atoms with Crippen molar-refractivity contribution in [3.63, 3.8) is 0 Å². The van der Waals surface area contributed by atoms with Crippen LogP contribution in [0, 0.1) is 12.8 Å². The van der Waals surface area contributed by atoms with E-state index in [0.29, 0.717) is 11.7 Å². The van der Waals surface area contributed by atoms with Crippen molar-refractivity contribution in [2.45, 2.75) is 19.8 Å². The standard InChI is InChI=1S/C12H16BrNO/c1-8-2-3-10(12(15)11(8)13)6-9-4-5-14-7-9/h2-3,9,14-15H,4-7H2,1H3. The van der Waals surface area contributed by atoms with Gasteiger partial charge in [-0.1, -0.05) is 12.1 Å². The SMILES string of the molecule is Cc1ccc(CC2CCNC2)c(O)c1Br. The van der Waals surface area contributed by atoms with Crippen LogP contribution in [0.15, 0.2) is 16.6 Å². The molecule has 1 saturated heterocycles. The Balaban J connectivity index is 2.17. The van der Waals surface area contributed by atoms with Crippen molar-refractivity contribution in [3.05, 3.63) is 27.7 Å². The Morgan fingerprint density at radius 3 is 3.00 bits per heavy atom. The lowest BCUT2D eigenvalue weighted by atomic mass is 9.97. The second-order valence-corrected chi connectivity index (χ2v) is 5.06. The topological polar surface area (TPSA) is 32.3 Å². The molecular formula is C12H16BrNO. The largest absolute Gasteiger partial charge is 0.506 e. The Morgan fingerprint density at radius 2 is 2.33 bits per heavy atom. The molecule has 0 aromatic heterocycles. The summed E-state index contributed by atoms with van der Waals surface area (Å²) in [5, 5.41) is 13.3. The van der Waals surface area contributed by atoms with Gasteiger partial charge in [-0.15, -0.1) is 0 Å². The van der Waals surface area contributed by atoms with Gasteiger partial charge < -0.3 is 10.4 Å². The highest BCUT2D eigenvalue weighted by atomic mass is 79.9. The Kier molecular flexibility index (Phi) is 3.32. The maximum atomic E-state index is 9.97. The lowest BCUT2D eigenvalue weighted by Gasteiger charge is -2.12. The molecule has 2 N–H and O–H groups in total. The molecule has 0 spiro atoms. The minimum absolute atomic E-state index is 0.418. The number of phenols is 1. The van der Waals surface area contributed by atoms with Crippen molar-refractivity contribution in [3.8, 4) is 5.75 Å². The van der Waals surface area contributed by atoms with Crippen molar-refractivity contribution in [1.29, 1.82) is 0 Å². The number of benzene rings is 1. The van der Waals surface area contributed by atoms with Crippen LogP contribution in [-0.4, -0.2) is 18.2 Å². The first kappa shape index (κ1) is 11.0. The van der Waals surface area contributed by atoms with Gasteiger partial charge in [0, 0.05) is 0 Å². The van der Waals surface area contributed by atoms with Gasteiger partial charge in [0.1, 0.15) is 5.75 Å². The van der Waals surface area contributed by atoms with Gasteiger partial charge >= 0.3 is 0 Å². The van der Waals surface area contributed by atoms with Gasteiger partial charge in [-0.25, -0.2) is 0 Å². The number of aromatic hydroxyl groups is 1. The average molecular weight is 270 g/mol. The fourth-order valence-corrected chi connectivity index (χ4v) is 2.46. The fourth-order valence-electron chi connectivity index (χ4n) is 2.07. The van der Waals surface area contributed by atoms with Gasteiger partial charge in [0.05, 0.1) is 4.47 Å². The fraction of sp³-hybridized carbons (Fsp3) is 0.500. The summed E-state index contributed by atoms with van der Waals surface area (Å²) in [5.41, 5.74) is 2.14. The van der Waals surface area contributed by atoms with Crippen LogP contribution in [-0.2, 0) is 6.42 Å². The number of rotatable bonds is 2. The van der Waals surface area contributed by atoms with Crippen LogP contribution < -0.4 is 5.32 Å². The average Bonchev–Trinajstić information content (AvgIpc) is 2.72. The minimum Gasteiger partial charge on any atom is -0.506 e. The number of nitrogens with one attached hydrogen (secondary N) is 1. The van der Waals surface area contributed by atoms with Crippen LogP contribution in [0.4, 0.5) is 0 Å². The third-order valence-corrected chi connectivity index (χ3v) is 4.06. The lowest BCUT2D eigenvalue weighted by molar-refractivity contribution is 0.455. The first-order chi connectivity index (χ1) is 7.18. The second kappa shape index (κ2) is 4.54. The normalized spacial score (nSPS) is 20.8. The Labute approximate surface area is 98.8 Å². The molecule has 0 radical (unpaired) electrons. The molecule has 2 rings (SSSR count). The maximum absolute atomic E-state index is 9.97. The number of hydrogen-bond acceptors (Lipinski definition) is 2. The van der Waals surface area contributed by atoms with Crippen LogP contribution >= 0.6 is 15.9 Å². The smallest absolute Gasteiger partial charge is 0.133 e. The second-order valence-electron chi connectivity index (χ2n) is 4.27. The Hall–Kier alpha value is -0.540. The van der Waals surface area contributed by atoms with E-state index in [1.54, 1.807) is 0 Å². The molecule has 1 aromatic rings. The molecule has 3 heteroatoms. The van der Waals surface area contributed by atoms with Gasteiger partial charge in [-0.3, -0.25) is 0 Å². The molecule has 82 valence electrons. The highest BCUT2D eigenvalue weighted by Crippen LogP contribution is 2.32. The number of phenolic OH excluding ortho intramolecular Hbond substituents is 1. The highest BCUT2D eigenvalue weighted by molar-refractivity contribution is 9.10. The van der Waals surface area contributed by atoms with E-state index in [9.17, 15) is 5.11 Å². The summed E-state index contributed by atoms with van der Waals surface area (Å²) < 4.78 is 0.839. The third-order valence-electron chi connectivity index (χ3n) is 3.06. The molecule has 0 amide bonds. The molecule has 0 aliphatic carbocycles. The van der Waals surface area contributed by atoms with Gasteiger partial charge in [0.15, 0.2) is 0 Å². The molecule has 0 bridgehead atoms. The van der Waals surface area contributed by atoms with Crippen LogP contribution in [0.1, 0.15) is 17.5 Å². The van der Waals surface area contributed by atoms with E-state index < -0.39 is 0 Å². The molecule has 1 heterocycles. The molecule has 1 aromatic carbocycles. The minimum atomic E-state index is 0.418. The molecule has 15 heavy (non-hydrogen) atoms. The van der Waals surface area contributed by atoms with E-state index in [2.05, 4.69) is 27.3 Å².